The molecule has 30 heavy (non-hydrogen) atoms. The van der Waals surface area contributed by atoms with Crippen molar-refractivity contribution < 1.29 is 14.2 Å². The number of para-hydroxylation sites is 1. The summed E-state index contributed by atoms with van der Waals surface area (Å²) in [6.45, 7) is 2.12. The van der Waals surface area contributed by atoms with Gasteiger partial charge in [0.25, 0.3) is 0 Å². The highest BCUT2D eigenvalue weighted by atomic mass is 16.5. The molecule has 4 nitrogen and oxygen atoms in total. The van der Waals surface area contributed by atoms with E-state index in [-0.39, 0.29) is 0 Å². The van der Waals surface area contributed by atoms with Crippen LogP contribution in [0.5, 0.6) is 11.5 Å². The van der Waals surface area contributed by atoms with Crippen molar-refractivity contribution in [2.45, 2.75) is 19.6 Å². The Hall–Kier alpha value is -3.24. The van der Waals surface area contributed by atoms with Gasteiger partial charge >= 0.3 is 0 Å². The van der Waals surface area contributed by atoms with Gasteiger partial charge < -0.3 is 18.8 Å². The average Bonchev–Trinajstić information content (AvgIpc) is 3.15. The molecule has 0 bridgehead atoms. The van der Waals surface area contributed by atoms with Gasteiger partial charge in [-0.1, -0.05) is 42.5 Å². The Kier molecular flexibility index (Phi) is 6.35. The van der Waals surface area contributed by atoms with E-state index in [1.807, 2.05) is 36.4 Å². The summed E-state index contributed by atoms with van der Waals surface area (Å²) in [4.78, 5) is 0. The highest BCUT2D eigenvalue weighted by Gasteiger charge is 2.09. The maximum atomic E-state index is 5.94. The van der Waals surface area contributed by atoms with E-state index in [1.165, 1.54) is 22.0 Å². The van der Waals surface area contributed by atoms with Gasteiger partial charge in [0.1, 0.15) is 11.5 Å². The molecular formula is C26H27NO3. The second-order valence-corrected chi connectivity index (χ2v) is 7.30. The minimum absolute atomic E-state index is 0.606. The lowest BCUT2D eigenvalue weighted by molar-refractivity contribution is 0.124. The van der Waals surface area contributed by atoms with Gasteiger partial charge in [-0.2, -0.15) is 0 Å². The molecule has 0 radical (unpaired) electrons. The Labute approximate surface area is 177 Å². The number of methoxy groups -OCH3 is 2. The number of ether oxygens (including phenoxy) is 3. The zero-order chi connectivity index (χ0) is 20.8. The smallest absolute Gasteiger partial charge is 0.118 e. The second kappa shape index (κ2) is 9.51. The Morgan fingerprint density at radius 1 is 0.733 bits per heavy atom. The van der Waals surface area contributed by atoms with Gasteiger partial charge in [-0.25, -0.2) is 0 Å². The summed E-state index contributed by atoms with van der Waals surface area (Å²) in [5.41, 5.74) is 4.96. The maximum absolute atomic E-state index is 5.94. The molecule has 0 atom stereocenters. The van der Waals surface area contributed by atoms with Crippen molar-refractivity contribution >= 4 is 10.9 Å². The first-order chi connectivity index (χ1) is 14.8. The number of fused-ring (bicyclic) bond motifs is 1. The van der Waals surface area contributed by atoms with Gasteiger partial charge in [-0.3, -0.25) is 0 Å². The third-order valence-corrected chi connectivity index (χ3v) is 5.33. The van der Waals surface area contributed by atoms with E-state index in [1.54, 1.807) is 14.2 Å². The first-order valence-electron chi connectivity index (χ1n) is 10.2. The number of hydrogen-bond donors (Lipinski definition) is 0. The minimum atomic E-state index is 0.606. The van der Waals surface area contributed by atoms with Crippen LogP contribution in [0.1, 0.15) is 16.7 Å². The van der Waals surface area contributed by atoms with Crippen LogP contribution in [0.15, 0.2) is 79.0 Å². The molecule has 0 N–H and O–H groups in total. The van der Waals surface area contributed by atoms with E-state index in [4.69, 9.17) is 14.2 Å². The van der Waals surface area contributed by atoms with Crippen LogP contribution in [0.3, 0.4) is 0 Å². The third-order valence-electron chi connectivity index (χ3n) is 5.33. The molecule has 3 aromatic carbocycles. The summed E-state index contributed by atoms with van der Waals surface area (Å²) in [5.74, 6) is 1.74. The van der Waals surface area contributed by atoms with Gasteiger partial charge in [0.15, 0.2) is 0 Å². The van der Waals surface area contributed by atoms with E-state index in [0.717, 1.165) is 30.0 Å². The highest BCUT2D eigenvalue weighted by Crippen LogP contribution is 2.24. The predicted molar refractivity (Wildman–Crippen MR) is 120 cm³/mol. The van der Waals surface area contributed by atoms with Crippen LogP contribution in [0.2, 0.25) is 0 Å². The van der Waals surface area contributed by atoms with Crippen molar-refractivity contribution in [2.75, 3.05) is 20.8 Å². The lowest BCUT2D eigenvalue weighted by atomic mass is 10.1. The number of hydrogen-bond acceptors (Lipinski definition) is 3. The van der Waals surface area contributed by atoms with Crippen molar-refractivity contribution in [3.8, 4) is 11.5 Å². The molecule has 0 aliphatic heterocycles. The highest BCUT2D eigenvalue weighted by molar-refractivity contribution is 5.84. The SMILES string of the molecule is COc1ccc(COCCc2cn(Cc3ccc(OC)cc3)c3ccccc23)cc1. The fraction of sp³-hybridized carbons (Fsp3) is 0.231. The Bertz CT molecular complexity index is 1080. The Morgan fingerprint density at radius 3 is 2.03 bits per heavy atom. The minimum Gasteiger partial charge on any atom is -0.497 e. The zero-order valence-electron chi connectivity index (χ0n) is 17.5. The average molecular weight is 402 g/mol. The summed E-state index contributed by atoms with van der Waals surface area (Å²) in [6, 6.07) is 24.8. The number of aromatic nitrogens is 1. The topological polar surface area (TPSA) is 32.6 Å². The first-order valence-corrected chi connectivity index (χ1v) is 10.2. The molecular weight excluding hydrogens is 374 g/mol. The van der Waals surface area contributed by atoms with Crippen LogP contribution in [0.25, 0.3) is 10.9 Å². The summed E-state index contributed by atoms with van der Waals surface area (Å²) >= 11 is 0. The molecule has 0 aliphatic rings. The van der Waals surface area contributed by atoms with Crippen molar-refractivity contribution in [2.24, 2.45) is 0 Å². The fourth-order valence-corrected chi connectivity index (χ4v) is 3.67. The van der Waals surface area contributed by atoms with Crippen molar-refractivity contribution in [3.05, 3.63) is 95.7 Å². The van der Waals surface area contributed by atoms with Crippen molar-refractivity contribution in [1.82, 2.24) is 4.57 Å². The summed E-state index contributed by atoms with van der Waals surface area (Å²) < 4.78 is 18.7. The number of nitrogens with zero attached hydrogens (tertiary/aromatic N) is 1. The number of rotatable bonds is 9. The zero-order valence-corrected chi connectivity index (χ0v) is 17.5. The van der Waals surface area contributed by atoms with E-state index >= 15 is 0 Å². The molecule has 1 heterocycles. The van der Waals surface area contributed by atoms with E-state index in [9.17, 15) is 0 Å². The van der Waals surface area contributed by atoms with Crippen LogP contribution in [-0.2, 0) is 24.3 Å². The van der Waals surface area contributed by atoms with E-state index in [2.05, 4.69) is 47.2 Å². The number of benzene rings is 3. The molecule has 0 fully saturated rings. The van der Waals surface area contributed by atoms with Gasteiger partial charge in [0, 0.05) is 23.6 Å². The fourth-order valence-electron chi connectivity index (χ4n) is 3.67. The van der Waals surface area contributed by atoms with Crippen LogP contribution in [-0.4, -0.2) is 25.4 Å². The third kappa shape index (κ3) is 4.66. The van der Waals surface area contributed by atoms with Crippen LogP contribution < -0.4 is 9.47 Å². The molecule has 0 amide bonds. The molecule has 4 aromatic rings. The monoisotopic (exact) mass is 401 g/mol. The summed E-state index contributed by atoms with van der Waals surface area (Å²) in [5, 5.41) is 1.29. The molecule has 0 unspecified atom stereocenters. The van der Waals surface area contributed by atoms with E-state index < -0.39 is 0 Å². The summed E-state index contributed by atoms with van der Waals surface area (Å²) in [7, 11) is 3.37. The Morgan fingerprint density at radius 2 is 1.37 bits per heavy atom. The van der Waals surface area contributed by atoms with Crippen LogP contribution >= 0.6 is 0 Å². The van der Waals surface area contributed by atoms with Crippen molar-refractivity contribution in [1.29, 1.82) is 0 Å². The van der Waals surface area contributed by atoms with Gasteiger partial charge in [-0.05, 0) is 53.4 Å². The lowest BCUT2D eigenvalue weighted by Gasteiger charge is -2.07. The van der Waals surface area contributed by atoms with Gasteiger partial charge in [-0.15, -0.1) is 0 Å². The molecule has 4 heteroatoms. The normalized spacial score (nSPS) is 11.0. The van der Waals surface area contributed by atoms with E-state index in [0.29, 0.717) is 13.2 Å². The predicted octanol–water partition coefficient (Wildman–Crippen LogP) is 5.47. The lowest BCUT2D eigenvalue weighted by Crippen LogP contribution is -2.00. The largest absolute Gasteiger partial charge is 0.497 e. The quantitative estimate of drug-likeness (QED) is 0.349. The van der Waals surface area contributed by atoms with Gasteiger partial charge in [0.05, 0.1) is 27.4 Å². The molecule has 0 aliphatic carbocycles. The maximum Gasteiger partial charge on any atom is 0.118 e. The molecule has 1 aromatic heterocycles. The molecule has 0 spiro atoms. The molecule has 0 saturated carbocycles. The van der Waals surface area contributed by atoms with Crippen LogP contribution in [0.4, 0.5) is 0 Å². The van der Waals surface area contributed by atoms with Crippen LogP contribution in [0, 0.1) is 0 Å². The molecule has 4 rings (SSSR count). The molecule has 0 saturated heterocycles. The molecule has 154 valence electrons. The first kappa shape index (κ1) is 20.0. The standard InChI is InChI=1S/C26H27NO3/c1-28-23-11-7-20(8-12-23)17-27-18-22(25-5-3-4-6-26(25)27)15-16-30-19-21-9-13-24(29-2)14-10-21/h3-14,18H,15-17,19H2,1-2H3. The van der Waals surface area contributed by atoms with Crippen molar-refractivity contribution in [3.63, 3.8) is 0 Å². The van der Waals surface area contributed by atoms with Gasteiger partial charge in [0.2, 0.25) is 0 Å². The second-order valence-electron chi connectivity index (χ2n) is 7.30. The summed E-state index contributed by atoms with van der Waals surface area (Å²) in [6.07, 6.45) is 3.14. The Balaban J connectivity index is 1.42.